The summed E-state index contributed by atoms with van der Waals surface area (Å²) in [6.45, 7) is 10.2. The molecule has 2 rings (SSSR count). The van der Waals surface area contributed by atoms with Gasteiger partial charge in [-0.2, -0.15) is 0 Å². The normalized spacial score (nSPS) is 19.1. The largest absolute Gasteiger partial charge is 0.490 e. The first-order valence-electron chi connectivity index (χ1n) is 7.39. The number of ether oxygens (including phenoxy) is 1. The lowest BCUT2D eigenvalue weighted by molar-refractivity contribution is 0.208. The maximum absolute atomic E-state index is 5.63. The Kier molecular flexibility index (Phi) is 7.71. The summed E-state index contributed by atoms with van der Waals surface area (Å²) >= 11 is 0. The van der Waals surface area contributed by atoms with Gasteiger partial charge in [0.05, 0.1) is 0 Å². The van der Waals surface area contributed by atoms with E-state index in [0.29, 0.717) is 12.5 Å². The molecule has 0 N–H and O–H groups in total. The second-order valence-electron chi connectivity index (χ2n) is 5.31. The fourth-order valence-corrected chi connectivity index (χ4v) is 2.86. The molecule has 1 atom stereocenters. The molecule has 0 radical (unpaired) electrons. The molecule has 1 heterocycles. The first-order valence-corrected chi connectivity index (χ1v) is 7.39. The van der Waals surface area contributed by atoms with Crippen LogP contribution in [-0.2, 0) is 0 Å². The van der Waals surface area contributed by atoms with Crippen molar-refractivity contribution in [1.82, 2.24) is 4.90 Å². The van der Waals surface area contributed by atoms with E-state index in [0.717, 1.165) is 5.75 Å². The van der Waals surface area contributed by atoms with Crippen molar-refractivity contribution in [3.63, 3.8) is 0 Å². The van der Waals surface area contributed by atoms with Gasteiger partial charge >= 0.3 is 0 Å². The van der Waals surface area contributed by atoms with Crippen LogP contribution in [0, 0.1) is 0 Å². The van der Waals surface area contributed by atoms with Crippen molar-refractivity contribution in [2.75, 3.05) is 26.2 Å². The molecular formula is C17H26ClNO. The highest BCUT2D eigenvalue weighted by Crippen LogP contribution is 2.29. The van der Waals surface area contributed by atoms with Gasteiger partial charge in [-0.05, 0) is 56.0 Å². The molecule has 1 aromatic carbocycles. The van der Waals surface area contributed by atoms with Crippen LogP contribution in [0.15, 0.2) is 36.9 Å². The highest BCUT2D eigenvalue weighted by Gasteiger charge is 2.20. The van der Waals surface area contributed by atoms with E-state index in [1.54, 1.807) is 6.08 Å². The molecule has 0 saturated carbocycles. The second kappa shape index (κ2) is 9.04. The zero-order valence-electron chi connectivity index (χ0n) is 12.4. The van der Waals surface area contributed by atoms with E-state index in [1.807, 2.05) is 6.07 Å². The van der Waals surface area contributed by atoms with Gasteiger partial charge in [0.2, 0.25) is 0 Å². The number of benzene rings is 1. The van der Waals surface area contributed by atoms with E-state index in [9.17, 15) is 0 Å². The van der Waals surface area contributed by atoms with Gasteiger partial charge < -0.3 is 9.64 Å². The molecule has 1 aliphatic heterocycles. The predicted octanol–water partition coefficient (Wildman–Crippen LogP) is 4.26. The Morgan fingerprint density at radius 1 is 1.45 bits per heavy atom. The van der Waals surface area contributed by atoms with Crippen LogP contribution in [0.2, 0.25) is 0 Å². The fourth-order valence-electron chi connectivity index (χ4n) is 2.86. The molecule has 1 aromatic rings. The van der Waals surface area contributed by atoms with Crippen LogP contribution in [0.5, 0.6) is 5.75 Å². The van der Waals surface area contributed by atoms with Crippen molar-refractivity contribution < 1.29 is 4.74 Å². The van der Waals surface area contributed by atoms with E-state index in [4.69, 9.17) is 4.74 Å². The molecule has 1 aliphatic rings. The van der Waals surface area contributed by atoms with Gasteiger partial charge in [0.1, 0.15) is 12.4 Å². The molecular weight excluding hydrogens is 270 g/mol. The molecule has 112 valence electrons. The summed E-state index contributed by atoms with van der Waals surface area (Å²) in [6.07, 6.45) is 5.64. The molecule has 0 bridgehead atoms. The number of nitrogens with zero attached hydrogens (tertiary/aromatic N) is 1. The van der Waals surface area contributed by atoms with E-state index in [1.165, 1.54) is 44.5 Å². The van der Waals surface area contributed by atoms with Crippen LogP contribution in [0.3, 0.4) is 0 Å². The summed E-state index contributed by atoms with van der Waals surface area (Å²) in [5.41, 5.74) is 1.42. The lowest BCUT2D eigenvalue weighted by atomic mass is 9.90. The van der Waals surface area contributed by atoms with Gasteiger partial charge in [0, 0.05) is 6.54 Å². The Balaban J connectivity index is 0.00000200. The van der Waals surface area contributed by atoms with Crippen molar-refractivity contribution in [1.29, 1.82) is 0 Å². The van der Waals surface area contributed by atoms with Gasteiger partial charge in [0.15, 0.2) is 0 Å². The van der Waals surface area contributed by atoms with Crippen LogP contribution in [-0.4, -0.2) is 31.1 Å². The molecule has 3 heteroatoms. The highest BCUT2D eigenvalue weighted by atomic mass is 35.5. The third kappa shape index (κ3) is 4.84. The summed E-state index contributed by atoms with van der Waals surface area (Å²) in [7, 11) is 0. The quantitative estimate of drug-likeness (QED) is 0.727. The summed E-state index contributed by atoms with van der Waals surface area (Å²) in [6, 6.07) is 8.57. The first kappa shape index (κ1) is 17.1. The summed E-state index contributed by atoms with van der Waals surface area (Å²) in [5.74, 6) is 1.62. The van der Waals surface area contributed by atoms with Crippen LogP contribution < -0.4 is 4.74 Å². The Hall–Kier alpha value is -0.990. The lowest BCUT2D eigenvalue weighted by Gasteiger charge is -2.32. The average molecular weight is 296 g/mol. The minimum atomic E-state index is 0. The van der Waals surface area contributed by atoms with E-state index >= 15 is 0 Å². The molecule has 0 spiro atoms. The van der Waals surface area contributed by atoms with Crippen molar-refractivity contribution in [2.45, 2.75) is 32.1 Å². The van der Waals surface area contributed by atoms with Crippen molar-refractivity contribution in [3.8, 4) is 5.75 Å². The zero-order chi connectivity index (χ0) is 13.5. The summed E-state index contributed by atoms with van der Waals surface area (Å²) in [5, 5.41) is 0. The average Bonchev–Trinajstić information content (AvgIpc) is 2.46. The first-order chi connectivity index (χ1) is 9.33. The summed E-state index contributed by atoms with van der Waals surface area (Å²) in [4.78, 5) is 2.59. The van der Waals surface area contributed by atoms with E-state index in [-0.39, 0.29) is 12.4 Å². The Morgan fingerprint density at radius 2 is 2.30 bits per heavy atom. The maximum atomic E-state index is 5.63. The number of likely N-dealkylation sites (tertiary alicyclic amines) is 1. The van der Waals surface area contributed by atoms with Crippen molar-refractivity contribution in [3.05, 3.63) is 42.5 Å². The fraction of sp³-hybridized carbons (Fsp3) is 0.529. The van der Waals surface area contributed by atoms with Crippen LogP contribution >= 0.6 is 12.4 Å². The lowest BCUT2D eigenvalue weighted by Crippen LogP contribution is -2.34. The standard InChI is InChI=1S/C17H25NO.ClH/c1-3-10-18-11-6-8-16(14-18)15-7-5-9-17(13-15)19-12-4-2;/h4-5,7,9,13,16H,2-3,6,8,10-12,14H2,1H3;1H. The van der Waals surface area contributed by atoms with Gasteiger partial charge in [0.25, 0.3) is 0 Å². The van der Waals surface area contributed by atoms with E-state index in [2.05, 4.69) is 36.6 Å². The number of piperidine rings is 1. The minimum Gasteiger partial charge on any atom is -0.490 e. The topological polar surface area (TPSA) is 12.5 Å². The van der Waals surface area contributed by atoms with Crippen LogP contribution in [0.4, 0.5) is 0 Å². The van der Waals surface area contributed by atoms with Gasteiger partial charge in [-0.3, -0.25) is 0 Å². The molecule has 0 aliphatic carbocycles. The van der Waals surface area contributed by atoms with Crippen molar-refractivity contribution >= 4 is 12.4 Å². The Bertz CT molecular complexity index is 406. The van der Waals surface area contributed by atoms with Crippen molar-refractivity contribution in [2.24, 2.45) is 0 Å². The van der Waals surface area contributed by atoms with Crippen LogP contribution in [0.25, 0.3) is 0 Å². The predicted molar refractivity (Wildman–Crippen MR) is 88.1 cm³/mol. The van der Waals surface area contributed by atoms with Gasteiger partial charge in [-0.15, -0.1) is 12.4 Å². The molecule has 1 saturated heterocycles. The molecule has 2 nitrogen and oxygen atoms in total. The monoisotopic (exact) mass is 295 g/mol. The highest BCUT2D eigenvalue weighted by molar-refractivity contribution is 5.85. The maximum Gasteiger partial charge on any atom is 0.120 e. The smallest absolute Gasteiger partial charge is 0.120 e. The Morgan fingerprint density at radius 3 is 3.05 bits per heavy atom. The molecule has 1 fully saturated rings. The van der Waals surface area contributed by atoms with Gasteiger partial charge in [-0.25, -0.2) is 0 Å². The molecule has 0 aromatic heterocycles. The SMILES string of the molecule is C=CCOc1cccc(C2CCCN(CCC)C2)c1.Cl. The second-order valence-corrected chi connectivity index (χ2v) is 5.31. The number of halogens is 1. The number of rotatable bonds is 6. The third-order valence-corrected chi connectivity index (χ3v) is 3.74. The molecule has 20 heavy (non-hydrogen) atoms. The number of hydrogen-bond donors (Lipinski definition) is 0. The third-order valence-electron chi connectivity index (χ3n) is 3.74. The Labute approximate surface area is 129 Å². The number of hydrogen-bond acceptors (Lipinski definition) is 2. The summed E-state index contributed by atoms with van der Waals surface area (Å²) < 4.78 is 5.63. The van der Waals surface area contributed by atoms with Crippen LogP contribution in [0.1, 0.15) is 37.7 Å². The molecule has 0 amide bonds. The van der Waals surface area contributed by atoms with E-state index < -0.39 is 0 Å². The van der Waals surface area contributed by atoms with Gasteiger partial charge in [-0.1, -0.05) is 31.7 Å². The molecule has 1 unspecified atom stereocenters. The zero-order valence-corrected chi connectivity index (χ0v) is 13.2. The minimum absolute atomic E-state index is 0.